The first-order valence-electron chi connectivity index (χ1n) is 9.41. The van der Waals surface area contributed by atoms with E-state index < -0.39 is 0 Å². The molecule has 0 aromatic rings. The van der Waals surface area contributed by atoms with E-state index in [9.17, 15) is 0 Å². The molecule has 0 fully saturated rings. The van der Waals surface area contributed by atoms with Crippen LogP contribution in [0.5, 0.6) is 0 Å². The molecule has 5 heteroatoms. The Bertz CT molecular complexity index is 732. The van der Waals surface area contributed by atoms with Crippen LogP contribution in [0.3, 0.4) is 0 Å². The van der Waals surface area contributed by atoms with Gasteiger partial charge in [-0.2, -0.15) is 20.5 Å². The minimum Gasteiger partial charge on any atom is -0.497 e. The lowest BCUT2D eigenvalue weighted by atomic mass is 10.1. The normalized spacial score (nSPS) is 14.5. The Morgan fingerprint density at radius 2 is 1.29 bits per heavy atom. The van der Waals surface area contributed by atoms with Crippen molar-refractivity contribution in [3.63, 3.8) is 0 Å². The molecule has 0 aliphatic carbocycles. The Balaban J connectivity index is 4.75. The molecule has 0 saturated carbocycles. The fourth-order valence-corrected chi connectivity index (χ4v) is 1.73. The number of rotatable bonds is 12. The summed E-state index contributed by atoms with van der Waals surface area (Å²) in [4.78, 5) is 0. The molecule has 0 unspecified atom stereocenters. The van der Waals surface area contributed by atoms with Crippen LogP contribution in [0.1, 0.15) is 53.9 Å². The van der Waals surface area contributed by atoms with E-state index in [0.29, 0.717) is 11.5 Å². The zero-order valence-electron chi connectivity index (χ0n) is 18.2. The predicted molar refractivity (Wildman–Crippen MR) is 119 cm³/mol. The minimum absolute atomic E-state index is 0.509. The van der Waals surface area contributed by atoms with E-state index in [4.69, 9.17) is 4.74 Å². The quantitative estimate of drug-likeness (QED) is 0.192. The molecule has 0 bridgehead atoms. The smallest absolute Gasteiger partial charge is 0.111 e. The third-order valence-electron chi connectivity index (χ3n) is 3.52. The number of azo groups is 2. The Labute approximate surface area is 170 Å². The summed E-state index contributed by atoms with van der Waals surface area (Å²) in [5, 5.41) is 16.6. The largest absolute Gasteiger partial charge is 0.497 e. The molecule has 0 heterocycles. The predicted octanol–water partition coefficient (Wildman–Crippen LogP) is 7.97. The van der Waals surface area contributed by atoms with Crippen molar-refractivity contribution in [1.29, 1.82) is 0 Å². The first-order valence-corrected chi connectivity index (χ1v) is 9.41. The third-order valence-corrected chi connectivity index (χ3v) is 3.52. The van der Waals surface area contributed by atoms with Gasteiger partial charge in [-0.1, -0.05) is 38.2 Å². The highest BCUT2D eigenvalue weighted by Gasteiger charge is 1.90. The van der Waals surface area contributed by atoms with E-state index in [1.165, 1.54) is 18.4 Å². The van der Waals surface area contributed by atoms with Gasteiger partial charge >= 0.3 is 0 Å². The maximum atomic E-state index is 4.93. The summed E-state index contributed by atoms with van der Waals surface area (Å²) in [7, 11) is 1.55. The van der Waals surface area contributed by atoms with Crippen LogP contribution in [0.15, 0.2) is 104 Å². The molecule has 0 atom stereocenters. The van der Waals surface area contributed by atoms with E-state index >= 15 is 0 Å². The molecule has 5 nitrogen and oxygen atoms in total. The molecule has 152 valence electrons. The van der Waals surface area contributed by atoms with Crippen molar-refractivity contribution in [2.75, 3.05) is 7.11 Å². The molecule has 0 spiro atoms. The lowest BCUT2D eigenvalue weighted by Gasteiger charge is -1.97. The van der Waals surface area contributed by atoms with Gasteiger partial charge in [-0.15, -0.1) is 0 Å². The Hall–Kier alpha value is -2.82. The van der Waals surface area contributed by atoms with Crippen LogP contribution < -0.4 is 0 Å². The van der Waals surface area contributed by atoms with Gasteiger partial charge in [0, 0.05) is 0 Å². The zero-order valence-corrected chi connectivity index (χ0v) is 18.2. The molecule has 0 aliphatic rings. The molecule has 0 rings (SSSR count). The van der Waals surface area contributed by atoms with Crippen molar-refractivity contribution < 1.29 is 4.74 Å². The maximum Gasteiger partial charge on any atom is 0.111 e. The topological polar surface area (TPSA) is 58.7 Å². The lowest BCUT2D eigenvalue weighted by molar-refractivity contribution is 0.309. The number of hydrogen-bond acceptors (Lipinski definition) is 5. The van der Waals surface area contributed by atoms with Crippen molar-refractivity contribution in [3.8, 4) is 0 Å². The van der Waals surface area contributed by atoms with Crippen LogP contribution in [0, 0.1) is 0 Å². The fraction of sp³-hybridized carbons (Fsp3) is 0.391. The van der Waals surface area contributed by atoms with Gasteiger partial charge in [-0.3, -0.25) is 0 Å². The summed E-state index contributed by atoms with van der Waals surface area (Å²) in [6.07, 6.45) is 14.7. The van der Waals surface area contributed by atoms with Gasteiger partial charge in [0.1, 0.15) is 5.76 Å². The second kappa shape index (κ2) is 15.3. The highest BCUT2D eigenvalue weighted by atomic mass is 16.5. The molecule has 0 aromatic heterocycles. The van der Waals surface area contributed by atoms with E-state index in [-0.39, 0.29) is 0 Å². The molecule has 0 amide bonds. The van der Waals surface area contributed by atoms with Gasteiger partial charge in [-0.25, -0.2) is 0 Å². The fourth-order valence-electron chi connectivity index (χ4n) is 1.73. The average molecular weight is 383 g/mol. The highest BCUT2D eigenvalue weighted by molar-refractivity contribution is 5.20. The molecule has 28 heavy (non-hydrogen) atoms. The van der Waals surface area contributed by atoms with Crippen LogP contribution in [-0.4, -0.2) is 7.11 Å². The summed E-state index contributed by atoms with van der Waals surface area (Å²) < 4.78 is 4.93. The maximum absolute atomic E-state index is 4.93. The monoisotopic (exact) mass is 382 g/mol. The second-order valence-corrected chi connectivity index (χ2v) is 6.44. The number of ether oxygens (including phenoxy) is 1. The van der Waals surface area contributed by atoms with Crippen molar-refractivity contribution in [2.45, 2.75) is 53.9 Å². The van der Waals surface area contributed by atoms with Crippen LogP contribution >= 0.6 is 0 Å². The standard InChI is InChI=1S/C23H34N4O/c1-9-10-11-18(2)12-13-19(3)24-25-20(4)14-15-21(5)26-27-22(6)16-17-23(7)28-8/h12-17H,6-7,9-11H2,1-5,8H3. The Morgan fingerprint density at radius 3 is 1.79 bits per heavy atom. The summed E-state index contributed by atoms with van der Waals surface area (Å²) in [6, 6.07) is 0. The molecule has 0 radical (unpaired) electrons. The number of allylic oxidation sites excluding steroid dienone is 10. The Morgan fingerprint density at radius 1 is 0.786 bits per heavy atom. The summed E-state index contributed by atoms with van der Waals surface area (Å²) in [6.45, 7) is 17.5. The number of methoxy groups -OCH3 is 1. The van der Waals surface area contributed by atoms with Crippen molar-refractivity contribution in [3.05, 3.63) is 83.7 Å². The van der Waals surface area contributed by atoms with Gasteiger partial charge in [0.15, 0.2) is 0 Å². The summed E-state index contributed by atoms with van der Waals surface area (Å²) >= 11 is 0. The zero-order chi connectivity index (χ0) is 21.4. The highest BCUT2D eigenvalue weighted by Crippen LogP contribution is 2.09. The molecular formula is C23H34N4O. The second-order valence-electron chi connectivity index (χ2n) is 6.44. The van der Waals surface area contributed by atoms with Gasteiger partial charge in [-0.05, 0) is 70.9 Å². The van der Waals surface area contributed by atoms with E-state index in [1.54, 1.807) is 19.3 Å². The van der Waals surface area contributed by atoms with Crippen LogP contribution in [-0.2, 0) is 4.74 Å². The molecule has 0 N–H and O–H groups in total. The van der Waals surface area contributed by atoms with Gasteiger partial charge in [0.2, 0.25) is 0 Å². The first kappa shape index (κ1) is 25.2. The average Bonchev–Trinajstić information content (AvgIpc) is 2.69. The van der Waals surface area contributed by atoms with E-state index in [1.807, 2.05) is 39.0 Å². The number of hydrogen-bond donors (Lipinski definition) is 0. The van der Waals surface area contributed by atoms with Crippen molar-refractivity contribution >= 4 is 0 Å². The van der Waals surface area contributed by atoms with E-state index in [0.717, 1.165) is 23.5 Å². The van der Waals surface area contributed by atoms with Crippen LogP contribution in [0.2, 0.25) is 0 Å². The summed E-state index contributed by atoms with van der Waals surface area (Å²) in [5.41, 5.74) is 4.25. The summed E-state index contributed by atoms with van der Waals surface area (Å²) in [5.74, 6) is 0.531. The Kier molecular flexibility index (Phi) is 13.7. The van der Waals surface area contributed by atoms with E-state index in [2.05, 4.69) is 53.5 Å². The van der Waals surface area contributed by atoms with Gasteiger partial charge in [0.25, 0.3) is 0 Å². The third kappa shape index (κ3) is 14.4. The van der Waals surface area contributed by atoms with Crippen LogP contribution in [0.25, 0.3) is 0 Å². The molecule has 0 saturated heterocycles. The van der Waals surface area contributed by atoms with Gasteiger partial charge in [0.05, 0.1) is 29.9 Å². The minimum atomic E-state index is 0.509. The molecule has 0 aromatic carbocycles. The molecule has 0 aliphatic heterocycles. The van der Waals surface area contributed by atoms with Gasteiger partial charge < -0.3 is 4.74 Å². The SMILES string of the molecule is C=C(C=CC(=C)OC)N=NC(C)=CC=C(C)N=NC(C)=CC=C(C)CCCC. The number of nitrogens with zero attached hydrogens (tertiary/aromatic N) is 4. The number of unbranched alkanes of at least 4 members (excludes halogenated alkanes) is 1. The van der Waals surface area contributed by atoms with Crippen molar-refractivity contribution in [1.82, 2.24) is 0 Å². The van der Waals surface area contributed by atoms with Crippen molar-refractivity contribution in [2.24, 2.45) is 20.5 Å². The lowest BCUT2D eigenvalue weighted by Crippen LogP contribution is -1.77. The molecular weight excluding hydrogens is 348 g/mol. The van der Waals surface area contributed by atoms with Crippen LogP contribution in [0.4, 0.5) is 0 Å². The first-order chi connectivity index (χ1) is 13.3.